The molecule has 0 saturated heterocycles. The predicted octanol–water partition coefficient (Wildman–Crippen LogP) is 6.52. The average molecular weight is 476 g/mol. The van der Waals surface area contributed by atoms with E-state index in [4.69, 9.17) is 11.6 Å². The van der Waals surface area contributed by atoms with Gasteiger partial charge in [-0.05, 0) is 68.4 Å². The molecule has 1 fully saturated rings. The van der Waals surface area contributed by atoms with Gasteiger partial charge in [-0.15, -0.1) is 0 Å². The van der Waals surface area contributed by atoms with Gasteiger partial charge in [0.05, 0.1) is 27.5 Å². The second-order valence-corrected chi connectivity index (χ2v) is 9.01. The summed E-state index contributed by atoms with van der Waals surface area (Å²) in [7, 11) is 0. The predicted molar refractivity (Wildman–Crippen MR) is 122 cm³/mol. The Hall–Kier alpha value is -2.80. The zero-order chi connectivity index (χ0) is 23.6. The summed E-state index contributed by atoms with van der Waals surface area (Å²) in [6.45, 7) is 2.77. The molecule has 174 valence electrons. The SMILES string of the molecule is Cc1cc(-c2ccccc2)n(C[C@H]2CC[C@H](NC(=O)c3cc(C(F)(F)F)ccc3Cl)CC2)n1. The summed E-state index contributed by atoms with van der Waals surface area (Å²) < 4.78 is 41.1. The summed E-state index contributed by atoms with van der Waals surface area (Å²) in [5.41, 5.74) is 2.14. The molecule has 0 bridgehead atoms. The van der Waals surface area contributed by atoms with E-state index in [-0.39, 0.29) is 16.6 Å². The van der Waals surface area contributed by atoms with Crippen molar-refractivity contribution in [1.29, 1.82) is 0 Å². The van der Waals surface area contributed by atoms with Gasteiger partial charge in [0.2, 0.25) is 0 Å². The summed E-state index contributed by atoms with van der Waals surface area (Å²) in [4.78, 5) is 12.6. The molecule has 4 nitrogen and oxygen atoms in total. The molecule has 1 saturated carbocycles. The van der Waals surface area contributed by atoms with Crippen molar-refractivity contribution in [3.05, 3.63) is 76.4 Å². The molecule has 1 heterocycles. The zero-order valence-corrected chi connectivity index (χ0v) is 19.0. The van der Waals surface area contributed by atoms with Gasteiger partial charge in [-0.1, -0.05) is 41.9 Å². The molecule has 1 N–H and O–H groups in total. The molecule has 0 radical (unpaired) electrons. The summed E-state index contributed by atoms with van der Waals surface area (Å²) in [6.07, 6.45) is -1.22. The molecule has 1 amide bonds. The first-order valence-electron chi connectivity index (χ1n) is 11.0. The number of alkyl halides is 3. The standard InChI is InChI=1S/C25H25ClF3N3O/c1-16-13-23(18-5-3-2-4-6-18)32(31-16)15-17-7-10-20(11-8-17)30-24(33)21-14-19(25(27,28)29)9-12-22(21)26/h2-6,9,12-14,17,20H,7-8,10-11,15H2,1H3,(H,30,33)/t17-,20-. The van der Waals surface area contributed by atoms with Crippen LogP contribution in [0.25, 0.3) is 11.3 Å². The first kappa shape index (κ1) is 23.4. The average Bonchev–Trinajstić information content (AvgIpc) is 3.15. The smallest absolute Gasteiger partial charge is 0.349 e. The van der Waals surface area contributed by atoms with Crippen LogP contribution in [-0.2, 0) is 12.7 Å². The minimum absolute atomic E-state index is 0.0108. The van der Waals surface area contributed by atoms with E-state index in [9.17, 15) is 18.0 Å². The maximum atomic E-state index is 13.0. The van der Waals surface area contributed by atoms with Gasteiger partial charge in [0.1, 0.15) is 0 Å². The van der Waals surface area contributed by atoms with Crippen LogP contribution in [0.15, 0.2) is 54.6 Å². The van der Waals surface area contributed by atoms with E-state index in [0.717, 1.165) is 67.4 Å². The molecular weight excluding hydrogens is 451 g/mol. The molecule has 0 unspecified atom stereocenters. The minimum atomic E-state index is -4.53. The number of amides is 1. The van der Waals surface area contributed by atoms with Gasteiger partial charge in [-0.2, -0.15) is 18.3 Å². The number of benzene rings is 2. The van der Waals surface area contributed by atoms with Crippen LogP contribution in [0.3, 0.4) is 0 Å². The van der Waals surface area contributed by atoms with E-state index in [1.807, 2.05) is 25.1 Å². The Labute approximate surface area is 195 Å². The summed E-state index contributed by atoms with van der Waals surface area (Å²) in [6, 6.07) is 14.9. The van der Waals surface area contributed by atoms with Gasteiger partial charge < -0.3 is 5.32 Å². The number of nitrogens with one attached hydrogen (secondary N) is 1. The second-order valence-electron chi connectivity index (χ2n) is 8.60. The molecule has 1 aliphatic carbocycles. The van der Waals surface area contributed by atoms with Crippen LogP contribution >= 0.6 is 11.6 Å². The van der Waals surface area contributed by atoms with Gasteiger partial charge in [-0.3, -0.25) is 9.48 Å². The number of hydrogen-bond donors (Lipinski definition) is 1. The first-order chi connectivity index (χ1) is 15.7. The van der Waals surface area contributed by atoms with Crippen LogP contribution in [0.2, 0.25) is 5.02 Å². The lowest BCUT2D eigenvalue weighted by atomic mass is 9.85. The van der Waals surface area contributed by atoms with Crippen molar-refractivity contribution in [2.24, 2.45) is 5.92 Å². The molecule has 33 heavy (non-hydrogen) atoms. The maximum Gasteiger partial charge on any atom is 0.416 e. The number of carbonyl (C=O) groups is 1. The topological polar surface area (TPSA) is 46.9 Å². The quantitative estimate of drug-likeness (QED) is 0.456. The van der Waals surface area contributed by atoms with Crippen LogP contribution in [0.1, 0.15) is 47.3 Å². The number of aromatic nitrogens is 2. The monoisotopic (exact) mass is 475 g/mol. The van der Waals surface area contributed by atoms with Crippen LogP contribution in [0, 0.1) is 12.8 Å². The molecule has 3 aromatic rings. The maximum absolute atomic E-state index is 13.0. The third kappa shape index (κ3) is 5.58. The van der Waals surface area contributed by atoms with Gasteiger partial charge in [-0.25, -0.2) is 0 Å². The Balaban J connectivity index is 1.36. The fourth-order valence-corrected chi connectivity index (χ4v) is 4.60. The van der Waals surface area contributed by atoms with Crippen LogP contribution in [0.4, 0.5) is 13.2 Å². The highest BCUT2D eigenvalue weighted by Crippen LogP contribution is 2.32. The molecule has 2 aromatic carbocycles. The third-order valence-corrected chi connectivity index (χ3v) is 6.45. The summed E-state index contributed by atoms with van der Waals surface area (Å²) in [5, 5.41) is 7.54. The summed E-state index contributed by atoms with van der Waals surface area (Å²) >= 11 is 6.00. The Morgan fingerprint density at radius 1 is 1.09 bits per heavy atom. The van der Waals surface area contributed by atoms with E-state index in [1.165, 1.54) is 0 Å². The van der Waals surface area contributed by atoms with Crippen LogP contribution in [-0.4, -0.2) is 21.7 Å². The highest BCUT2D eigenvalue weighted by atomic mass is 35.5. The number of halogens is 4. The fourth-order valence-electron chi connectivity index (χ4n) is 4.40. The van der Waals surface area contributed by atoms with E-state index >= 15 is 0 Å². The number of hydrogen-bond acceptors (Lipinski definition) is 2. The van der Waals surface area contributed by atoms with E-state index in [2.05, 4.69) is 33.3 Å². The number of aryl methyl sites for hydroxylation is 1. The lowest BCUT2D eigenvalue weighted by Gasteiger charge is -2.29. The fraction of sp³-hybridized carbons (Fsp3) is 0.360. The van der Waals surface area contributed by atoms with Crippen molar-refractivity contribution < 1.29 is 18.0 Å². The van der Waals surface area contributed by atoms with Gasteiger partial charge in [0.15, 0.2) is 0 Å². The summed E-state index contributed by atoms with van der Waals surface area (Å²) in [5.74, 6) is -0.152. The molecule has 0 aliphatic heterocycles. The molecule has 1 aliphatic rings. The molecule has 1 aromatic heterocycles. The Morgan fingerprint density at radius 3 is 2.45 bits per heavy atom. The molecule has 4 rings (SSSR count). The normalized spacial score (nSPS) is 18.8. The van der Waals surface area contributed by atoms with Gasteiger partial charge in [0.25, 0.3) is 5.91 Å². The second kappa shape index (κ2) is 9.59. The van der Waals surface area contributed by atoms with Crippen molar-refractivity contribution in [1.82, 2.24) is 15.1 Å². The van der Waals surface area contributed by atoms with Crippen molar-refractivity contribution in [3.8, 4) is 11.3 Å². The Kier molecular flexibility index (Phi) is 6.79. The zero-order valence-electron chi connectivity index (χ0n) is 18.2. The van der Waals surface area contributed by atoms with Crippen molar-refractivity contribution in [2.45, 2.75) is 51.4 Å². The number of nitrogens with zero attached hydrogens (tertiary/aromatic N) is 2. The Bertz CT molecular complexity index is 1120. The van der Waals surface area contributed by atoms with Crippen molar-refractivity contribution in [2.75, 3.05) is 0 Å². The van der Waals surface area contributed by atoms with Crippen LogP contribution in [0.5, 0.6) is 0 Å². The van der Waals surface area contributed by atoms with Gasteiger partial charge in [0, 0.05) is 12.6 Å². The molecular formula is C25H25ClF3N3O. The van der Waals surface area contributed by atoms with E-state index < -0.39 is 17.6 Å². The lowest BCUT2D eigenvalue weighted by molar-refractivity contribution is -0.137. The molecule has 0 atom stereocenters. The lowest BCUT2D eigenvalue weighted by Crippen LogP contribution is -2.38. The van der Waals surface area contributed by atoms with Gasteiger partial charge >= 0.3 is 6.18 Å². The molecule has 0 spiro atoms. The van der Waals surface area contributed by atoms with E-state index in [0.29, 0.717) is 5.92 Å². The minimum Gasteiger partial charge on any atom is -0.349 e. The van der Waals surface area contributed by atoms with Crippen LogP contribution < -0.4 is 5.32 Å². The van der Waals surface area contributed by atoms with Crippen molar-refractivity contribution >= 4 is 17.5 Å². The number of carbonyl (C=O) groups excluding carboxylic acids is 1. The Morgan fingerprint density at radius 2 is 1.79 bits per heavy atom. The van der Waals surface area contributed by atoms with Crippen molar-refractivity contribution in [3.63, 3.8) is 0 Å². The third-order valence-electron chi connectivity index (χ3n) is 6.12. The first-order valence-corrected chi connectivity index (χ1v) is 11.4. The van der Waals surface area contributed by atoms with E-state index in [1.54, 1.807) is 0 Å². The highest BCUT2D eigenvalue weighted by molar-refractivity contribution is 6.33. The number of rotatable bonds is 5. The largest absolute Gasteiger partial charge is 0.416 e. The molecule has 8 heteroatoms. The highest BCUT2D eigenvalue weighted by Gasteiger charge is 2.32.